The van der Waals surface area contributed by atoms with Gasteiger partial charge in [0, 0.05) is 12.6 Å². The number of hydrogen-bond donors (Lipinski definition) is 1. The third-order valence-electron chi connectivity index (χ3n) is 4.60. The molecule has 0 aliphatic carbocycles. The van der Waals surface area contributed by atoms with Gasteiger partial charge >= 0.3 is 0 Å². The third kappa shape index (κ3) is 4.42. The Bertz CT molecular complexity index is 971. The van der Waals surface area contributed by atoms with Crippen molar-refractivity contribution in [2.75, 3.05) is 0 Å². The summed E-state index contributed by atoms with van der Waals surface area (Å²) in [6.07, 6.45) is 0. The highest BCUT2D eigenvalue weighted by molar-refractivity contribution is 8.00. The van der Waals surface area contributed by atoms with Crippen LogP contribution in [0.4, 0.5) is 4.39 Å². The van der Waals surface area contributed by atoms with Gasteiger partial charge in [0.1, 0.15) is 5.82 Å². The summed E-state index contributed by atoms with van der Waals surface area (Å²) in [4.78, 5) is 12.6. The summed E-state index contributed by atoms with van der Waals surface area (Å²) in [6.45, 7) is 5.74. The van der Waals surface area contributed by atoms with Crippen molar-refractivity contribution in [3.05, 3.63) is 65.5 Å². The molecule has 0 saturated carbocycles. The summed E-state index contributed by atoms with van der Waals surface area (Å²) < 4.78 is 15.0. The molecule has 2 aromatic carbocycles. The highest BCUT2D eigenvalue weighted by Gasteiger charge is 2.21. The van der Waals surface area contributed by atoms with Gasteiger partial charge in [-0.2, -0.15) is 0 Å². The summed E-state index contributed by atoms with van der Waals surface area (Å²) in [7, 11) is 1.90. The molecule has 0 radical (unpaired) electrons. The van der Waals surface area contributed by atoms with Crippen molar-refractivity contribution in [1.82, 2.24) is 20.1 Å². The Morgan fingerprint density at radius 1 is 1.11 bits per heavy atom. The van der Waals surface area contributed by atoms with Crippen LogP contribution in [0.2, 0.25) is 0 Å². The zero-order valence-electron chi connectivity index (χ0n) is 16.3. The highest BCUT2D eigenvalue weighted by atomic mass is 32.2. The molecule has 3 rings (SSSR count). The van der Waals surface area contributed by atoms with E-state index >= 15 is 0 Å². The van der Waals surface area contributed by atoms with E-state index < -0.39 is 0 Å². The van der Waals surface area contributed by atoms with E-state index in [9.17, 15) is 9.18 Å². The molecule has 2 atom stereocenters. The molecule has 3 aromatic rings. The first-order chi connectivity index (χ1) is 13.4. The summed E-state index contributed by atoms with van der Waals surface area (Å²) in [6, 6.07) is 13.9. The maximum Gasteiger partial charge on any atom is 0.233 e. The molecule has 5 nitrogen and oxygen atoms in total. The summed E-state index contributed by atoms with van der Waals surface area (Å²) in [5.41, 5.74) is 2.99. The van der Waals surface area contributed by atoms with Crippen LogP contribution in [-0.4, -0.2) is 25.9 Å². The number of thioether (sulfide) groups is 1. The van der Waals surface area contributed by atoms with Crippen molar-refractivity contribution in [1.29, 1.82) is 0 Å². The minimum absolute atomic E-state index is 0.109. The third-order valence-corrected chi connectivity index (χ3v) is 5.74. The van der Waals surface area contributed by atoms with Gasteiger partial charge in [0.15, 0.2) is 11.0 Å². The molecule has 0 bridgehead atoms. The predicted molar refractivity (Wildman–Crippen MR) is 109 cm³/mol. The number of rotatable bonds is 6. The second-order valence-electron chi connectivity index (χ2n) is 6.72. The van der Waals surface area contributed by atoms with Gasteiger partial charge in [0.2, 0.25) is 5.91 Å². The second kappa shape index (κ2) is 8.56. The van der Waals surface area contributed by atoms with Gasteiger partial charge in [0.25, 0.3) is 0 Å². The maximum absolute atomic E-state index is 13.1. The molecule has 146 valence electrons. The van der Waals surface area contributed by atoms with Crippen LogP contribution in [-0.2, 0) is 11.8 Å². The molecule has 0 aliphatic heterocycles. The van der Waals surface area contributed by atoms with E-state index in [0.717, 1.165) is 22.5 Å². The molecule has 1 N–H and O–H groups in total. The summed E-state index contributed by atoms with van der Waals surface area (Å²) in [5, 5.41) is 11.8. The molecule has 1 heterocycles. The first kappa shape index (κ1) is 20.1. The van der Waals surface area contributed by atoms with Crippen LogP contribution in [0.1, 0.15) is 31.0 Å². The Hall–Kier alpha value is -2.67. The first-order valence-corrected chi connectivity index (χ1v) is 9.92. The molecule has 0 fully saturated rings. The average molecular weight is 399 g/mol. The van der Waals surface area contributed by atoms with Gasteiger partial charge < -0.3 is 9.88 Å². The van der Waals surface area contributed by atoms with Gasteiger partial charge in [-0.25, -0.2) is 4.39 Å². The van der Waals surface area contributed by atoms with E-state index in [2.05, 4.69) is 15.5 Å². The lowest BCUT2D eigenvalue weighted by molar-refractivity contribution is -0.120. The van der Waals surface area contributed by atoms with Gasteiger partial charge in [-0.15, -0.1) is 10.2 Å². The molecule has 0 aliphatic rings. The number of carbonyl (C=O) groups excluding carboxylic acids is 1. The van der Waals surface area contributed by atoms with E-state index in [1.54, 1.807) is 12.1 Å². The number of benzene rings is 2. The number of hydrogen-bond acceptors (Lipinski definition) is 4. The van der Waals surface area contributed by atoms with E-state index in [0.29, 0.717) is 5.16 Å². The number of amides is 1. The van der Waals surface area contributed by atoms with E-state index in [1.807, 2.05) is 56.7 Å². The highest BCUT2D eigenvalue weighted by Crippen LogP contribution is 2.27. The molecule has 1 aromatic heterocycles. The van der Waals surface area contributed by atoms with E-state index in [-0.39, 0.29) is 23.0 Å². The van der Waals surface area contributed by atoms with Gasteiger partial charge in [-0.05, 0) is 44.0 Å². The van der Waals surface area contributed by atoms with E-state index in [1.165, 1.54) is 23.9 Å². The normalized spacial score (nSPS) is 13.2. The first-order valence-electron chi connectivity index (χ1n) is 9.04. The Morgan fingerprint density at radius 3 is 2.46 bits per heavy atom. The van der Waals surface area contributed by atoms with Crippen LogP contribution in [0.15, 0.2) is 53.7 Å². The van der Waals surface area contributed by atoms with Crippen molar-refractivity contribution < 1.29 is 9.18 Å². The van der Waals surface area contributed by atoms with Crippen LogP contribution in [0.3, 0.4) is 0 Å². The molecule has 28 heavy (non-hydrogen) atoms. The number of aromatic nitrogens is 3. The Morgan fingerprint density at radius 2 is 1.79 bits per heavy atom. The van der Waals surface area contributed by atoms with Gasteiger partial charge in [0.05, 0.1) is 11.3 Å². The fraction of sp³-hybridized carbons (Fsp3) is 0.286. The standard InChI is InChI=1S/C21H23FN4OS/c1-13-7-5-6-8-18(13)19-24-25-21(26(19)4)28-15(3)20(27)23-14(2)16-9-11-17(22)12-10-16/h5-12,14-15H,1-4H3,(H,23,27)/t14-,15+/m0/s1. The van der Waals surface area contributed by atoms with Gasteiger partial charge in [-0.3, -0.25) is 4.79 Å². The minimum atomic E-state index is -0.351. The maximum atomic E-state index is 13.1. The number of nitrogens with zero attached hydrogens (tertiary/aromatic N) is 3. The van der Waals surface area contributed by atoms with Gasteiger partial charge in [-0.1, -0.05) is 48.2 Å². The largest absolute Gasteiger partial charge is 0.349 e. The predicted octanol–water partition coefficient (Wildman–Crippen LogP) is 4.29. The quantitative estimate of drug-likeness (QED) is 0.630. The number of halogens is 1. The Balaban J connectivity index is 1.67. The molecule has 1 amide bonds. The SMILES string of the molecule is Cc1ccccc1-c1nnc(S[C@H](C)C(=O)N[C@@H](C)c2ccc(F)cc2)n1C. The number of carbonyl (C=O) groups is 1. The monoisotopic (exact) mass is 398 g/mol. The Labute approximate surface area is 168 Å². The van der Waals surface area contributed by atoms with Crippen molar-refractivity contribution >= 4 is 17.7 Å². The zero-order chi connectivity index (χ0) is 20.3. The van der Waals surface area contributed by atoms with Crippen molar-refractivity contribution in [3.63, 3.8) is 0 Å². The summed E-state index contributed by atoms with van der Waals surface area (Å²) in [5.74, 6) is 0.369. The fourth-order valence-electron chi connectivity index (χ4n) is 2.85. The van der Waals surface area contributed by atoms with Crippen molar-refractivity contribution in [2.24, 2.45) is 7.05 Å². The second-order valence-corrected chi connectivity index (χ2v) is 8.03. The minimum Gasteiger partial charge on any atom is -0.349 e. The zero-order valence-corrected chi connectivity index (χ0v) is 17.1. The lowest BCUT2D eigenvalue weighted by Crippen LogP contribution is -2.33. The number of nitrogens with one attached hydrogen (secondary N) is 1. The average Bonchev–Trinajstić information content (AvgIpc) is 3.03. The molecule has 0 spiro atoms. The van der Waals surface area contributed by atoms with Crippen LogP contribution in [0, 0.1) is 12.7 Å². The summed E-state index contributed by atoms with van der Waals surface area (Å²) >= 11 is 1.36. The smallest absolute Gasteiger partial charge is 0.233 e. The van der Waals surface area contributed by atoms with Crippen molar-refractivity contribution in [3.8, 4) is 11.4 Å². The van der Waals surface area contributed by atoms with Crippen LogP contribution in [0.25, 0.3) is 11.4 Å². The molecular formula is C21H23FN4OS. The topological polar surface area (TPSA) is 59.8 Å². The molecule has 7 heteroatoms. The van der Waals surface area contributed by atoms with E-state index in [4.69, 9.17) is 0 Å². The molecule has 0 saturated heterocycles. The number of aryl methyl sites for hydroxylation is 1. The van der Waals surface area contributed by atoms with Crippen LogP contribution in [0.5, 0.6) is 0 Å². The lowest BCUT2D eigenvalue weighted by Gasteiger charge is -2.17. The molecular weight excluding hydrogens is 375 g/mol. The van der Waals surface area contributed by atoms with Crippen molar-refractivity contribution in [2.45, 2.75) is 37.2 Å². The fourth-order valence-corrected chi connectivity index (χ4v) is 3.68. The Kier molecular flexibility index (Phi) is 6.14. The molecule has 0 unspecified atom stereocenters. The lowest BCUT2D eigenvalue weighted by atomic mass is 10.1. The van der Waals surface area contributed by atoms with Crippen LogP contribution < -0.4 is 5.32 Å². The van der Waals surface area contributed by atoms with Crippen LogP contribution >= 0.6 is 11.8 Å².